The molecule has 0 aliphatic carbocycles. The van der Waals surface area contributed by atoms with Gasteiger partial charge in [-0.25, -0.2) is 18.4 Å². The highest BCUT2D eigenvalue weighted by atomic mass is 32.2. The predicted octanol–water partition coefficient (Wildman–Crippen LogP) is 6.64. The lowest BCUT2D eigenvalue weighted by Crippen LogP contribution is -2.31. The Morgan fingerprint density at radius 1 is 0.651 bits per heavy atom. The molecule has 0 spiro atoms. The average molecular weight is 1240 g/mol. The van der Waals surface area contributed by atoms with Gasteiger partial charge in [0.15, 0.2) is 5.71 Å². The fraction of sp³-hybridized carbons (Fsp3) is 0.333. The number of nitrogens with zero attached hydrogens (tertiary/aromatic N) is 4. The minimum atomic E-state index is -4.81. The maximum absolute atomic E-state index is 13.7. The summed E-state index contributed by atoms with van der Waals surface area (Å²) in [5.74, 6) is -5.40. The lowest BCUT2D eigenvalue weighted by atomic mass is 9.79. The van der Waals surface area contributed by atoms with Gasteiger partial charge in [-0.15, -0.1) is 0 Å². The van der Waals surface area contributed by atoms with Crippen LogP contribution in [0.5, 0.6) is 0 Å². The van der Waals surface area contributed by atoms with Crippen LogP contribution in [0.2, 0.25) is 0 Å². The summed E-state index contributed by atoms with van der Waals surface area (Å²) in [6.07, 6.45) is 5.78. The molecule has 0 bridgehead atoms. The lowest BCUT2D eigenvalue weighted by Gasteiger charge is -2.27. The van der Waals surface area contributed by atoms with Gasteiger partial charge in [0.05, 0.1) is 43.7 Å². The second kappa shape index (κ2) is 25.0. The number of hydrogen-bond acceptors (Lipinski definition) is 15. The molecule has 4 amide bonds. The molecule has 0 saturated carbocycles. The maximum atomic E-state index is 13.7. The summed E-state index contributed by atoms with van der Waals surface area (Å²) in [5.41, 5.74) is 3.59. The first kappa shape index (κ1) is 63.7. The van der Waals surface area contributed by atoms with Crippen molar-refractivity contribution in [2.75, 3.05) is 55.7 Å². The topological polar surface area (TPSA) is 352 Å². The van der Waals surface area contributed by atoms with E-state index in [0.717, 1.165) is 33.4 Å². The first-order chi connectivity index (χ1) is 40.4. The van der Waals surface area contributed by atoms with Gasteiger partial charge in [-0.1, -0.05) is 51.1 Å². The van der Waals surface area contributed by atoms with Crippen LogP contribution in [0.25, 0.3) is 43.8 Å². The first-order valence-electron chi connectivity index (χ1n) is 27.6. The van der Waals surface area contributed by atoms with Crippen molar-refractivity contribution < 1.29 is 72.6 Å². The van der Waals surface area contributed by atoms with Crippen LogP contribution in [0, 0.1) is 0 Å². The standard InChI is InChI=1S/C60H66N8O15S3/c1-8-24-67-50(60(6,7)45-34-42(39-20-19-37(86(81,82)83)32-43(39)54(45)67)36-30-48(57(73)63-22-21-52(69)70)66-49(31-36)58(74)64-23-27-85(78,79)80)17-13-18-51-59(4,5)44-33-41(35-28-46(55(71)61-9-2)65-47(29-35)56(72)62-10-3)38-15-11-12-16-40(38)53(44)68(51)25-14-26-84(75,76)77/h11-13,15-20,28-34H,8-10,14,21-27H2,1-7H3,(H7-,61,62,63,64,69,70,71,72,73,74,75,76,77,78,79,80,81,82,83). The van der Waals surface area contributed by atoms with E-state index in [1.807, 2.05) is 98.7 Å². The lowest BCUT2D eigenvalue weighted by molar-refractivity contribution is -0.435. The zero-order valence-electron chi connectivity index (χ0n) is 48.3. The smallest absolute Gasteiger partial charge is 0.305 e. The van der Waals surface area contributed by atoms with E-state index in [1.54, 1.807) is 26.0 Å². The van der Waals surface area contributed by atoms with Crippen LogP contribution in [0.1, 0.15) is 121 Å². The summed E-state index contributed by atoms with van der Waals surface area (Å²) in [6, 6.07) is 21.4. The Kier molecular flexibility index (Phi) is 18.5. The van der Waals surface area contributed by atoms with Crippen molar-refractivity contribution in [1.82, 2.24) is 31.2 Å². The zero-order chi connectivity index (χ0) is 62.8. The molecule has 4 heterocycles. The number of aliphatic carboxylic acids is 1. The zero-order valence-corrected chi connectivity index (χ0v) is 50.7. The number of pyridine rings is 2. The maximum Gasteiger partial charge on any atom is 0.305 e. The molecule has 0 atom stereocenters. The third kappa shape index (κ3) is 13.5. The van der Waals surface area contributed by atoms with Gasteiger partial charge in [0.2, 0.25) is 5.69 Å². The van der Waals surface area contributed by atoms with Crippen molar-refractivity contribution in [1.29, 1.82) is 0 Å². The Morgan fingerprint density at radius 2 is 1.17 bits per heavy atom. The third-order valence-corrected chi connectivity index (χ3v) is 17.4. The number of anilines is 1. The molecule has 23 nitrogen and oxygen atoms in total. The van der Waals surface area contributed by atoms with Gasteiger partial charge in [-0.3, -0.25) is 33.1 Å². The van der Waals surface area contributed by atoms with Crippen LogP contribution in [-0.2, 0) is 46.0 Å². The van der Waals surface area contributed by atoms with E-state index in [9.17, 15) is 68.0 Å². The molecule has 26 heteroatoms. The number of benzene rings is 4. The molecule has 2 aliphatic heterocycles. The SMILES string of the molecule is CCCN1/C(=C/C=C/C2=[N+](CCCS(=O)(=O)[O-])c3c(cc(-c4cc(C(=O)NCC)nc(C(=O)NCC)c4)c4ccccc34)C2(C)C)C(C)(C)c2cc(-c3cc(C(=O)NCCC(=O)O)nc(C(=O)NCCS(=O)(=O)O)c3)c3ccc(S(=O)(=O)O)cc3c21. The second-order valence-corrected chi connectivity index (χ2v) is 26.3. The normalized spacial score (nSPS) is 15.1. The van der Waals surface area contributed by atoms with E-state index < -0.39 is 100 Å². The Labute approximate surface area is 498 Å². The van der Waals surface area contributed by atoms with Gasteiger partial charge in [-0.2, -0.15) is 21.4 Å². The van der Waals surface area contributed by atoms with Crippen LogP contribution in [0.3, 0.4) is 0 Å². The molecule has 0 saturated heterocycles. The monoisotopic (exact) mass is 1230 g/mol. The van der Waals surface area contributed by atoms with Crippen LogP contribution in [0.4, 0.5) is 11.4 Å². The van der Waals surface area contributed by atoms with Gasteiger partial charge in [-0.05, 0) is 133 Å². The van der Waals surface area contributed by atoms with Gasteiger partial charge in [0, 0.05) is 73.0 Å². The highest BCUT2D eigenvalue weighted by Gasteiger charge is 2.47. The van der Waals surface area contributed by atoms with Crippen LogP contribution >= 0.6 is 0 Å². The van der Waals surface area contributed by atoms with Gasteiger partial charge >= 0.3 is 5.97 Å². The number of fused-ring (bicyclic) bond motifs is 6. The summed E-state index contributed by atoms with van der Waals surface area (Å²) in [4.78, 5) is 75.7. The highest BCUT2D eigenvalue weighted by Crippen LogP contribution is 2.54. The number of carboxylic acid groups (broad SMARTS) is 1. The second-order valence-electron chi connectivity index (χ2n) is 21.7. The summed E-state index contributed by atoms with van der Waals surface area (Å²) >= 11 is 0. The molecule has 0 radical (unpaired) electrons. The molecule has 8 rings (SSSR count). The van der Waals surface area contributed by atoms with Gasteiger partial charge in [0.1, 0.15) is 29.3 Å². The highest BCUT2D eigenvalue weighted by molar-refractivity contribution is 7.86. The van der Waals surface area contributed by atoms with Crippen LogP contribution in [0.15, 0.2) is 108 Å². The molecule has 6 aromatic rings. The van der Waals surface area contributed by atoms with E-state index in [-0.39, 0.29) is 47.8 Å². The number of allylic oxidation sites excluding steroid dienone is 4. The van der Waals surface area contributed by atoms with Gasteiger partial charge < -0.3 is 35.8 Å². The van der Waals surface area contributed by atoms with E-state index >= 15 is 0 Å². The minimum absolute atomic E-state index is 0.0321. The molecular weight excluding hydrogens is 1170 g/mol. The Bertz CT molecular complexity index is 4220. The number of rotatable bonds is 23. The van der Waals surface area contributed by atoms with E-state index in [0.29, 0.717) is 64.8 Å². The number of carbonyl (C=O) groups is 5. The minimum Gasteiger partial charge on any atom is -0.748 e. The molecule has 7 N–H and O–H groups in total. The largest absolute Gasteiger partial charge is 0.748 e. The first-order valence-corrected chi connectivity index (χ1v) is 32.3. The average Bonchev–Trinajstić information content (AvgIpc) is 1.54. The summed E-state index contributed by atoms with van der Waals surface area (Å²) < 4.78 is 107. The van der Waals surface area contributed by atoms with Crippen molar-refractivity contribution in [3.8, 4) is 22.3 Å². The Morgan fingerprint density at radius 3 is 1.69 bits per heavy atom. The molecule has 0 unspecified atom stereocenters. The predicted molar refractivity (Wildman–Crippen MR) is 323 cm³/mol. The Balaban J connectivity index is 1.31. The molecule has 2 aliphatic rings. The van der Waals surface area contributed by atoms with E-state index in [2.05, 4.69) is 31.2 Å². The number of carbonyl (C=O) groups excluding carboxylic acids is 4. The molecular formula is C60H66N8O15S3. The fourth-order valence-corrected chi connectivity index (χ4v) is 12.5. The molecule has 4 aromatic carbocycles. The summed E-state index contributed by atoms with van der Waals surface area (Å²) in [6.45, 7) is 13.7. The molecule has 2 aromatic heterocycles. The summed E-state index contributed by atoms with van der Waals surface area (Å²) in [7, 11) is -13.9. The van der Waals surface area contributed by atoms with Gasteiger partial charge in [0.25, 0.3) is 43.9 Å². The number of hydrogen-bond donors (Lipinski definition) is 7. The number of aromatic nitrogens is 2. The quantitative estimate of drug-likeness (QED) is 0.0261. The van der Waals surface area contributed by atoms with Crippen LogP contribution in [-0.4, -0.2) is 145 Å². The summed E-state index contributed by atoms with van der Waals surface area (Å²) in [5, 5.41) is 21.9. The molecule has 86 heavy (non-hydrogen) atoms. The van der Waals surface area contributed by atoms with Crippen molar-refractivity contribution in [2.45, 2.75) is 83.5 Å². The Hall–Kier alpha value is -8.27. The number of amides is 4. The number of nitrogens with one attached hydrogen (secondary N) is 4. The fourth-order valence-electron chi connectivity index (χ4n) is 11.1. The van der Waals surface area contributed by atoms with Crippen molar-refractivity contribution in [3.63, 3.8) is 0 Å². The van der Waals surface area contributed by atoms with Crippen molar-refractivity contribution >= 4 is 98.6 Å². The van der Waals surface area contributed by atoms with E-state index in [4.69, 9.17) is 0 Å². The van der Waals surface area contributed by atoms with E-state index in [1.165, 1.54) is 30.3 Å². The third-order valence-electron chi connectivity index (χ3n) is 15.0. The molecule has 0 fully saturated rings. The van der Waals surface area contributed by atoms with Crippen LogP contribution < -0.4 is 26.2 Å². The van der Waals surface area contributed by atoms with Crippen molar-refractivity contribution in [2.24, 2.45) is 0 Å². The van der Waals surface area contributed by atoms with Crippen molar-refractivity contribution in [3.05, 3.63) is 137 Å². The number of carboxylic acids is 1. The molecule has 454 valence electrons.